The van der Waals surface area contributed by atoms with Crippen LogP contribution in [0.5, 0.6) is 11.5 Å². The van der Waals surface area contributed by atoms with E-state index in [0.29, 0.717) is 35.8 Å². The van der Waals surface area contributed by atoms with Gasteiger partial charge in [-0.25, -0.2) is 9.59 Å². The minimum atomic E-state index is -1.55. The molecule has 6 N–H and O–H groups in total. The lowest BCUT2D eigenvalue weighted by atomic mass is 10.1. The summed E-state index contributed by atoms with van der Waals surface area (Å²) in [5.41, 5.74) is 4.31. The number of hydrogen-bond donors (Lipinski definition) is 6. The maximum atomic E-state index is 11.3. The Morgan fingerprint density at radius 3 is 1.20 bits per heavy atom. The van der Waals surface area contributed by atoms with E-state index in [4.69, 9.17) is 19.7 Å². The van der Waals surface area contributed by atoms with Gasteiger partial charge in [-0.15, -0.1) is 0 Å². The number of carbonyl (C=O) groups is 6. The van der Waals surface area contributed by atoms with Crippen molar-refractivity contribution in [3.63, 3.8) is 0 Å². The van der Waals surface area contributed by atoms with Gasteiger partial charge in [0.15, 0.2) is 0 Å². The molecule has 0 aliphatic heterocycles. The number of aromatic nitrogens is 2. The zero-order valence-corrected chi connectivity index (χ0v) is 33.7. The molecule has 0 unspecified atom stereocenters. The van der Waals surface area contributed by atoms with Crippen LogP contribution in [0.2, 0.25) is 0 Å². The van der Waals surface area contributed by atoms with Crippen LogP contribution in [0.4, 0.5) is 0 Å². The number of fused-ring (bicyclic) bond motifs is 2. The largest absolute Gasteiger partial charge is 0.545 e. The fourth-order valence-electron chi connectivity index (χ4n) is 5.61. The lowest BCUT2D eigenvalue weighted by Gasteiger charge is -2.15. The van der Waals surface area contributed by atoms with E-state index in [1.54, 1.807) is 0 Å². The number of quaternary nitrogens is 2. The van der Waals surface area contributed by atoms with Crippen LogP contribution in [0.15, 0.2) is 124 Å². The van der Waals surface area contributed by atoms with Gasteiger partial charge in [0.05, 0.1) is 51.2 Å². The number of esters is 2. The summed E-state index contributed by atoms with van der Waals surface area (Å²) in [6, 6.07) is 11.4. The van der Waals surface area contributed by atoms with Gasteiger partial charge in [0, 0.05) is 73.0 Å². The molecule has 60 heavy (non-hydrogen) atoms. The van der Waals surface area contributed by atoms with Gasteiger partial charge in [0.1, 0.15) is 11.5 Å². The van der Waals surface area contributed by atoms with E-state index in [9.17, 15) is 39.0 Å². The maximum absolute atomic E-state index is 11.3. The number of carboxylic acids is 4. The molecule has 0 fully saturated rings. The molecular weight excluding hydrogens is 777 g/mol. The number of H-pyrrole nitrogens is 2. The molecule has 0 aliphatic carbocycles. The smallest absolute Gasteiger partial charge is 0.328 e. The topological polar surface area (TPSA) is 248 Å². The van der Waals surface area contributed by atoms with Crippen molar-refractivity contribution < 1.29 is 68.5 Å². The van der Waals surface area contributed by atoms with Gasteiger partial charge in [-0.2, -0.15) is 0 Å². The van der Waals surface area contributed by atoms with Gasteiger partial charge in [0.25, 0.3) is 0 Å². The van der Waals surface area contributed by atoms with E-state index in [0.717, 1.165) is 85.0 Å². The number of aliphatic carboxylic acids is 4. The molecule has 0 aliphatic rings. The molecule has 0 amide bonds. The standard InChI is InChI=1S/2C18H22N2O2.2C4H4O4/c2*1-4-10-20(11-5-2)12-9-15-13-19-16-7-6-8-17(18(15)16)22-14(3)21;2*5-3(6)1-2-4(7)8/h2*4-8,13,19H,1-2,9-12H2,3H3;2*1-2H,(H,5,6)(H,7,8)/b;;2*2-1+. The third-order valence-corrected chi connectivity index (χ3v) is 7.96. The Morgan fingerprint density at radius 1 is 0.600 bits per heavy atom. The fraction of sp³-hybridized carbons (Fsp3) is 0.227. The lowest BCUT2D eigenvalue weighted by Crippen LogP contribution is -3.11. The predicted molar refractivity (Wildman–Crippen MR) is 222 cm³/mol. The molecule has 4 rings (SSSR count). The van der Waals surface area contributed by atoms with E-state index in [2.05, 4.69) is 36.3 Å². The Balaban J connectivity index is 0.000000444. The number of aromatic amines is 2. The minimum Gasteiger partial charge on any atom is -0.545 e. The molecule has 0 saturated heterocycles. The van der Waals surface area contributed by atoms with Crippen LogP contribution in [0.3, 0.4) is 0 Å². The number of ether oxygens (including phenoxy) is 2. The molecule has 16 heteroatoms. The average Bonchev–Trinajstić information content (AvgIpc) is 3.80. The first-order valence-corrected chi connectivity index (χ1v) is 18.5. The Hall–Kier alpha value is -7.30. The van der Waals surface area contributed by atoms with Crippen molar-refractivity contribution >= 4 is 57.6 Å². The molecule has 0 bridgehead atoms. The summed E-state index contributed by atoms with van der Waals surface area (Å²) in [5.74, 6) is -4.97. The van der Waals surface area contributed by atoms with Crippen LogP contribution in [0.25, 0.3) is 21.8 Å². The molecule has 4 aromatic rings. The second kappa shape index (κ2) is 28.2. The quantitative estimate of drug-likeness (QED) is 0.0309. The maximum Gasteiger partial charge on any atom is 0.328 e. The molecule has 16 nitrogen and oxygen atoms in total. The van der Waals surface area contributed by atoms with Gasteiger partial charge in [-0.1, -0.05) is 38.4 Å². The van der Waals surface area contributed by atoms with Crippen LogP contribution < -0.4 is 29.5 Å². The fourth-order valence-corrected chi connectivity index (χ4v) is 5.61. The first-order valence-electron chi connectivity index (χ1n) is 18.5. The van der Waals surface area contributed by atoms with Crippen molar-refractivity contribution in [3.8, 4) is 11.5 Å². The van der Waals surface area contributed by atoms with Crippen molar-refractivity contribution in [2.24, 2.45) is 0 Å². The van der Waals surface area contributed by atoms with Crippen LogP contribution in [0, 0.1) is 0 Å². The predicted octanol–water partition coefficient (Wildman–Crippen LogP) is 0.539. The van der Waals surface area contributed by atoms with Crippen molar-refractivity contribution in [2.45, 2.75) is 26.7 Å². The highest BCUT2D eigenvalue weighted by molar-refractivity contribution is 5.92. The second-order valence-electron chi connectivity index (χ2n) is 12.6. The van der Waals surface area contributed by atoms with E-state index in [-0.39, 0.29) is 11.9 Å². The van der Waals surface area contributed by atoms with Gasteiger partial charge < -0.3 is 59.3 Å². The number of hydrogen-bond acceptors (Lipinski definition) is 10. The summed E-state index contributed by atoms with van der Waals surface area (Å²) >= 11 is 0. The minimum absolute atomic E-state index is 0.301. The van der Waals surface area contributed by atoms with Crippen LogP contribution in [-0.2, 0) is 41.6 Å². The highest BCUT2D eigenvalue weighted by Gasteiger charge is 2.15. The van der Waals surface area contributed by atoms with E-state index >= 15 is 0 Å². The van der Waals surface area contributed by atoms with Gasteiger partial charge in [0.2, 0.25) is 0 Å². The average molecular weight is 829 g/mol. The molecule has 0 atom stereocenters. The summed E-state index contributed by atoms with van der Waals surface area (Å²) < 4.78 is 10.7. The second-order valence-corrected chi connectivity index (χ2v) is 12.6. The summed E-state index contributed by atoms with van der Waals surface area (Å²) in [6.07, 6.45) is 15.4. The highest BCUT2D eigenvalue weighted by atomic mass is 16.5. The van der Waals surface area contributed by atoms with Crippen molar-refractivity contribution in [3.05, 3.63) is 135 Å². The zero-order chi connectivity index (χ0) is 45.0. The third kappa shape index (κ3) is 20.2. The SMILES string of the molecule is C=CC[NH+](CC=C)CCc1c[nH]c2cccc(OC(C)=O)c12.C=CC[NH+](CC=C)CCc1c[nH]c2cccc(OC(C)=O)c12.O=C(O)/C=C/C(=O)O.O=C([O-])/C=C/C(=O)[O-]. The van der Waals surface area contributed by atoms with Crippen molar-refractivity contribution in [1.82, 2.24) is 9.97 Å². The first-order chi connectivity index (χ1) is 28.6. The number of nitrogens with one attached hydrogen (secondary N) is 4. The van der Waals surface area contributed by atoms with Crippen LogP contribution >= 0.6 is 0 Å². The molecular formula is C44H52N4O12. The third-order valence-electron chi connectivity index (χ3n) is 7.96. The van der Waals surface area contributed by atoms with Gasteiger partial charge in [-0.3, -0.25) is 9.59 Å². The van der Waals surface area contributed by atoms with Crippen molar-refractivity contribution in [2.75, 3.05) is 39.3 Å². The van der Waals surface area contributed by atoms with Gasteiger partial charge >= 0.3 is 23.9 Å². The summed E-state index contributed by atoms with van der Waals surface area (Å²) in [7, 11) is 0. The molecule has 320 valence electrons. The first kappa shape index (κ1) is 50.7. The van der Waals surface area contributed by atoms with Crippen molar-refractivity contribution in [1.29, 1.82) is 0 Å². The molecule has 2 heterocycles. The highest BCUT2D eigenvalue weighted by Crippen LogP contribution is 2.30. The monoisotopic (exact) mass is 828 g/mol. The van der Waals surface area contributed by atoms with E-state index in [1.165, 1.54) is 23.6 Å². The zero-order valence-electron chi connectivity index (χ0n) is 33.7. The summed E-state index contributed by atoms with van der Waals surface area (Å²) in [5, 5.41) is 36.4. The molecule has 0 radical (unpaired) electrons. The van der Waals surface area contributed by atoms with Gasteiger partial charge in [-0.05, 0) is 71.8 Å². The van der Waals surface area contributed by atoms with E-state index in [1.807, 2.05) is 73.1 Å². The number of rotatable bonds is 20. The number of carboxylic acid groups (broad SMARTS) is 4. The van der Waals surface area contributed by atoms with E-state index < -0.39 is 23.9 Å². The summed E-state index contributed by atoms with van der Waals surface area (Å²) in [6.45, 7) is 23.6. The lowest BCUT2D eigenvalue weighted by molar-refractivity contribution is -0.887. The Kier molecular flexibility index (Phi) is 23.8. The molecule has 2 aromatic carbocycles. The Labute approximate surface area is 347 Å². The summed E-state index contributed by atoms with van der Waals surface area (Å²) in [4.78, 5) is 69.8. The normalized spacial score (nSPS) is 10.5. The van der Waals surface area contributed by atoms with Crippen LogP contribution in [0.1, 0.15) is 25.0 Å². The molecule has 0 saturated carbocycles. The number of benzene rings is 2. The number of carbonyl (C=O) groups excluding carboxylic acids is 4. The Morgan fingerprint density at radius 2 is 0.933 bits per heavy atom. The van der Waals surface area contributed by atoms with Crippen LogP contribution in [-0.4, -0.2) is 95.3 Å². The molecule has 2 aromatic heterocycles. The Bertz CT molecular complexity index is 1960. The molecule has 0 spiro atoms.